The van der Waals surface area contributed by atoms with Crippen LogP contribution >= 0.6 is 0 Å². The van der Waals surface area contributed by atoms with E-state index >= 15 is 0 Å². The van der Waals surface area contributed by atoms with Crippen molar-refractivity contribution in [1.82, 2.24) is 5.32 Å². The number of hydrogen-bond donors (Lipinski definition) is 2. The van der Waals surface area contributed by atoms with Gasteiger partial charge in [-0.3, -0.25) is 9.35 Å². The molecule has 0 bridgehead atoms. The van der Waals surface area contributed by atoms with Gasteiger partial charge in [-0.25, -0.2) is 0 Å². The molecule has 0 heterocycles. The van der Waals surface area contributed by atoms with Gasteiger partial charge < -0.3 is 15.3 Å². The second-order valence-electron chi connectivity index (χ2n) is 5.10. The van der Waals surface area contributed by atoms with Crippen LogP contribution in [0.1, 0.15) is 27.2 Å². The summed E-state index contributed by atoms with van der Waals surface area (Å²) < 4.78 is 31.0. The highest BCUT2D eigenvalue weighted by Crippen LogP contribution is 2.08. The van der Waals surface area contributed by atoms with Crippen molar-refractivity contribution in [3.05, 3.63) is 12.2 Å². The van der Waals surface area contributed by atoms with Crippen LogP contribution in [-0.4, -0.2) is 67.3 Å². The average molecular weight is 324 g/mol. The Morgan fingerprint density at radius 2 is 1.76 bits per heavy atom. The molecule has 0 saturated heterocycles. The molecule has 0 fully saturated rings. The summed E-state index contributed by atoms with van der Waals surface area (Å²) in [5, 5.41) is 2.79. The Kier molecular flexibility index (Phi) is 10.5. The molecule has 3 N–H and O–H groups in total. The second kappa shape index (κ2) is 9.88. The molecule has 21 heavy (non-hydrogen) atoms. The lowest BCUT2D eigenvalue weighted by atomic mass is 10.2. The van der Waals surface area contributed by atoms with E-state index in [1.54, 1.807) is 6.92 Å². The maximum Gasteiger partial charge on any atom is 0.265 e. The van der Waals surface area contributed by atoms with Gasteiger partial charge in [0.15, 0.2) is 0 Å². The number of amides is 1. The van der Waals surface area contributed by atoms with E-state index in [2.05, 4.69) is 11.9 Å². The second-order valence-corrected chi connectivity index (χ2v) is 6.67. The van der Waals surface area contributed by atoms with Crippen molar-refractivity contribution in [2.24, 2.45) is 0 Å². The minimum Gasteiger partial charge on any atom is -0.870 e. The van der Waals surface area contributed by atoms with Crippen molar-refractivity contribution in [2.45, 2.75) is 27.2 Å². The molecule has 7 nitrogen and oxygen atoms in total. The summed E-state index contributed by atoms with van der Waals surface area (Å²) in [6, 6.07) is 0. The molecule has 0 saturated carbocycles. The smallest absolute Gasteiger partial charge is 0.265 e. The van der Waals surface area contributed by atoms with Crippen LogP contribution in [0.4, 0.5) is 0 Å². The van der Waals surface area contributed by atoms with E-state index < -0.39 is 10.1 Å². The highest BCUT2D eigenvalue weighted by Gasteiger charge is 2.23. The molecule has 126 valence electrons. The van der Waals surface area contributed by atoms with Gasteiger partial charge in [0, 0.05) is 12.0 Å². The summed E-state index contributed by atoms with van der Waals surface area (Å²) in [5.41, 5.74) is 0.475. The van der Waals surface area contributed by atoms with E-state index in [-0.39, 0.29) is 17.1 Å². The first-order valence-electron chi connectivity index (χ1n) is 6.89. The van der Waals surface area contributed by atoms with E-state index in [1.807, 2.05) is 13.8 Å². The molecule has 0 aromatic carbocycles. The topological polar surface area (TPSA) is 113 Å². The molecule has 0 atom stereocenters. The first-order chi connectivity index (χ1) is 9.16. The average Bonchev–Trinajstić information content (AvgIpc) is 2.35. The summed E-state index contributed by atoms with van der Waals surface area (Å²) in [4.78, 5) is 11.4. The van der Waals surface area contributed by atoms with Crippen LogP contribution < -0.4 is 5.32 Å². The number of carbonyl (C=O) groups is 1. The fourth-order valence-electron chi connectivity index (χ4n) is 2.11. The van der Waals surface area contributed by atoms with Gasteiger partial charge in [-0.05, 0) is 20.8 Å². The van der Waals surface area contributed by atoms with Gasteiger partial charge in [-0.1, -0.05) is 6.58 Å². The zero-order chi connectivity index (χ0) is 15.8. The Balaban J connectivity index is 0. The van der Waals surface area contributed by atoms with Crippen molar-refractivity contribution in [3.8, 4) is 0 Å². The lowest BCUT2D eigenvalue weighted by Gasteiger charge is -2.37. The molecule has 0 aliphatic carbocycles. The van der Waals surface area contributed by atoms with Crippen LogP contribution in [0.25, 0.3) is 0 Å². The SMILES string of the molecule is C=C(C)C(=O)NCC[N+](CC)(CC)CCCS(=O)(=O)O.[OH-]. The normalized spacial score (nSPS) is 11.6. The van der Waals surface area contributed by atoms with Crippen LogP contribution in [0.2, 0.25) is 0 Å². The molecule has 0 aromatic heterocycles. The van der Waals surface area contributed by atoms with Crippen molar-refractivity contribution < 1.29 is 27.7 Å². The first kappa shape index (κ1) is 22.3. The number of nitrogens with one attached hydrogen (secondary N) is 1. The highest BCUT2D eigenvalue weighted by atomic mass is 32.2. The summed E-state index contributed by atoms with van der Waals surface area (Å²) in [6.45, 7) is 12.9. The van der Waals surface area contributed by atoms with Crippen molar-refractivity contribution in [1.29, 1.82) is 0 Å². The van der Waals surface area contributed by atoms with E-state index in [9.17, 15) is 13.2 Å². The molecule has 0 aliphatic rings. The fourth-order valence-corrected chi connectivity index (χ4v) is 2.60. The molecule has 0 spiro atoms. The highest BCUT2D eigenvalue weighted by molar-refractivity contribution is 7.85. The molecule has 1 amide bonds. The molecular weight excluding hydrogens is 296 g/mol. The third-order valence-electron chi connectivity index (χ3n) is 3.64. The van der Waals surface area contributed by atoms with Crippen LogP contribution in [0.3, 0.4) is 0 Å². The Bertz CT molecular complexity index is 430. The molecule has 0 unspecified atom stereocenters. The predicted molar refractivity (Wildman–Crippen MR) is 81.9 cm³/mol. The molecule has 0 rings (SSSR count). The monoisotopic (exact) mass is 324 g/mol. The van der Waals surface area contributed by atoms with Crippen LogP contribution in [0, 0.1) is 0 Å². The van der Waals surface area contributed by atoms with Gasteiger partial charge in [-0.2, -0.15) is 8.42 Å². The maximum absolute atomic E-state index is 11.4. The van der Waals surface area contributed by atoms with Crippen molar-refractivity contribution >= 4 is 16.0 Å². The van der Waals surface area contributed by atoms with Gasteiger partial charge in [0.05, 0.1) is 38.5 Å². The third-order valence-corrected chi connectivity index (χ3v) is 4.44. The lowest BCUT2D eigenvalue weighted by molar-refractivity contribution is -0.923. The lowest BCUT2D eigenvalue weighted by Crippen LogP contribution is -2.52. The number of hydrogen-bond acceptors (Lipinski definition) is 4. The minimum atomic E-state index is -3.90. The largest absolute Gasteiger partial charge is 0.870 e. The minimum absolute atomic E-state index is 0. The van der Waals surface area contributed by atoms with E-state index in [1.165, 1.54) is 0 Å². The van der Waals surface area contributed by atoms with Gasteiger partial charge in [0.1, 0.15) is 0 Å². The Hall–Kier alpha value is -0.960. The Morgan fingerprint density at radius 3 is 2.14 bits per heavy atom. The standard InChI is InChI=1S/C13H26N2O4S.H2O/c1-5-15(6-2,9-7-11-20(17,18)19)10-8-14-13(16)12(3)4;/h3,5-11H2,1-2,4H3,(H-,14,16,17,18,19);1H2. The van der Waals surface area contributed by atoms with Gasteiger partial charge in [0.25, 0.3) is 10.1 Å². The van der Waals surface area contributed by atoms with Crippen molar-refractivity contribution in [3.63, 3.8) is 0 Å². The zero-order valence-electron chi connectivity index (χ0n) is 13.1. The van der Waals surface area contributed by atoms with Crippen LogP contribution in [-0.2, 0) is 14.9 Å². The van der Waals surface area contributed by atoms with Crippen molar-refractivity contribution in [2.75, 3.05) is 38.5 Å². The summed E-state index contributed by atoms with van der Waals surface area (Å²) in [5.74, 6) is -0.376. The molecule has 8 heteroatoms. The number of rotatable bonds is 10. The van der Waals surface area contributed by atoms with Gasteiger partial charge in [-0.15, -0.1) is 0 Å². The molecule has 0 aromatic rings. The zero-order valence-corrected chi connectivity index (χ0v) is 13.9. The maximum atomic E-state index is 11.4. The summed E-state index contributed by atoms with van der Waals surface area (Å²) >= 11 is 0. The summed E-state index contributed by atoms with van der Waals surface area (Å²) in [7, 11) is -3.90. The summed E-state index contributed by atoms with van der Waals surface area (Å²) in [6.07, 6.45) is 0.412. The molecule has 0 radical (unpaired) electrons. The van der Waals surface area contributed by atoms with Gasteiger partial charge >= 0.3 is 0 Å². The first-order valence-corrected chi connectivity index (χ1v) is 8.50. The number of likely N-dealkylation sites (N-methyl/N-ethyl adjacent to an activating group) is 1. The van der Waals surface area contributed by atoms with Gasteiger partial charge in [0.2, 0.25) is 5.91 Å². The quantitative estimate of drug-likeness (QED) is 0.348. The number of nitrogens with zero attached hydrogens (tertiary/aromatic N) is 1. The predicted octanol–water partition coefficient (Wildman–Crippen LogP) is 0.636. The van der Waals surface area contributed by atoms with E-state index in [0.717, 1.165) is 19.6 Å². The Morgan fingerprint density at radius 1 is 1.24 bits per heavy atom. The number of quaternary nitrogens is 1. The van der Waals surface area contributed by atoms with E-state index in [0.29, 0.717) is 29.6 Å². The number of carbonyl (C=O) groups excluding carboxylic acids is 1. The van der Waals surface area contributed by atoms with Crippen LogP contribution in [0.5, 0.6) is 0 Å². The molecular formula is C13H28N2O5S. The third kappa shape index (κ3) is 9.57. The van der Waals surface area contributed by atoms with Crippen LogP contribution in [0.15, 0.2) is 12.2 Å². The Labute approximate surface area is 127 Å². The molecule has 0 aliphatic heterocycles. The fraction of sp³-hybridized carbons (Fsp3) is 0.769. The van der Waals surface area contributed by atoms with E-state index in [4.69, 9.17) is 4.55 Å².